The average Bonchev–Trinajstić information content (AvgIpc) is 2.71. The number of aryl methyl sites for hydroxylation is 1. The van der Waals surface area contributed by atoms with E-state index in [1.54, 1.807) is 44.2 Å². The molecule has 0 atom stereocenters. The minimum absolute atomic E-state index is 0.0631. The van der Waals surface area contributed by atoms with Crippen molar-refractivity contribution in [3.05, 3.63) is 59.2 Å². The summed E-state index contributed by atoms with van der Waals surface area (Å²) >= 11 is 0. The van der Waals surface area contributed by atoms with Gasteiger partial charge in [-0.1, -0.05) is 23.8 Å². The van der Waals surface area contributed by atoms with Gasteiger partial charge >= 0.3 is 5.97 Å². The topological polar surface area (TPSA) is 97.6 Å². The lowest BCUT2D eigenvalue weighted by atomic mass is 10.1. The Morgan fingerprint density at radius 1 is 1.13 bits per heavy atom. The van der Waals surface area contributed by atoms with Gasteiger partial charge < -0.3 is 19.5 Å². The Bertz CT molecular complexity index is 972. The van der Waals surface area contributed by atoms with Crippen LogP contribution in [0.3, 0.4) is 0 Å². The quantitative estimate of drug-likeness (QED) is 0.404. The Labute approximate surface area is 175 Å². The van der Waals surface area contributed by atoms with Crippen molar-refractivity contribution in [1.82, 2.24) is 0 Å². The maximum absolute atomic E-state index is 12.4. The third-order valence-electron chi connectivity index (χ3n) is 3.89. The van der Waals surface area contributed by atoms with Crippen molar-refractivity contribution in [3.63, 3.8) is 0 Å². The highest BCUT2D eigenvalue weighted by molar-refractivity contribution is 6.09. The summed E-state index contributed by atoms with van der Waals surface area (Å²) in [7, 11) is 1.46. The van der Waals surface area contributed by atoms with E-state index in [9.17, 15) is 14.9 Å². The van der Waals surface area contributed by atoms with Gasteiger partial charge in [-0.25, -0.2) is 4.79 Å². The average molecular weight is 408 g/mol. The molecule has 0 aromatic heterocycles. The van der Waals surface area contributed by atoms with E-state index in [2.05, 4.69) is 5.32 Å². The fourth-order valence-electron chi connectivity index (χ4n) is 2.48. The van der Waals surface area contributed by atoms with Crippen LogP contribution in [0.2, 0.25) is 0 Å². The van der Waals surface area contributed by atoms with Gasteiger partial charge in [0, 0.05) is 5.69 Å². The molecule has 156 valence electrons. The second-order valence-electron chi connectivity index (χ2n) is 6.73. The number of hydrogen-bond donors (Lipinski definition) is 1. The van der Waals surface area contributed by atoms with Crippen LogP contribution in [0.5, 0.6) is 11.5 Å². The number of carbonyl (C=O) groups excluding carboxylic acids is 2. The number of hydrogen-bond acceptors (Lipinski definition) is 6. The Balaban J connectivity index is 2.13. The second-order valence-corrected chi connectivity index (χ2v) is 6.73. The predicted octanol–water partition coefficient (Wildman–Crippen LogP) is 3.88. The van der Waals surface area contributed by atoms with Crippen LogP contribution in [0.25, 0.3) is 6.08 Å². The van der Waals surface area contributed by atoms with Gasteiger partial charge in [0.1, 0.15) is 11.6 Å². The first-order valence-electron chi connectivity index (χ1n) is 9.32. The Kier molecular flexibility index (Phi) is 8.00. The van der Waals surface area contributed by atoms with Gasteiger partial charge in [-0.05, 0) is 56.7 Å². The third-order valence-corrected chi connectivity index (χ3v) is 3.89. The molecular weight excluding hydrogens is 384 g/mol. The molecule has 1 amide bonds. The monoisotopic (exact) mass is 408 g/mol. The molecule has 30 heavy (non-hydrogen) atoms. The van der Waals surface area contributed by atoms with E-state index >= 15 is 0 Å². The van der Waals surface area contributed by atoms with Gasteiger partial charge in [-0.2, -0.15) is 5.26 Å². The molecule has 0 fully saturated rings. The lowest BCUT2D eigenvalue weighted by Crippen LogP contribution is -2.18. The van der Waals surface area contributed by atoms with Gasteiger partial charge in [-0.15, -0.1) is 0 Å². The van der Waals surface area contributed by atoms with Crippen LogP contribution >= 0.6 is 0 Å². The molecule has 0 heterocycles. The Morgan fingerprint density at radius 3 is 2.43 bits per heavy atom. The number of anilines is 1. The molecule has 0 aliphatic carbocycles. The van der Waals surface area contributed by atoms with Crippen molar-refractivity contribution in [1.29, 1.82) is 5.26 Å². The molecular formula is C23H24N2O5. The summed E-state index contributed by atoms with van der Waals surface area (Å²) < 4.78 is 15.8. The number of nitrogens with zero attached hydrogens (tertiary/aromatic N) is 1. The maximum Gasteiger partial charge on any atom is 0.344 e. The summed E-state index contributed by atoms with van der Waals surface area (Å²) in [6.45, 7) is 5.19. The SMILES string of the molecule is COc1cc(/C=C(/C#N)C(=O)Nc2ccc(C)cc2)ccc1OCC(=O)OC(C)C. The molecule has 2 aromatic carbocycles. The normalized spacial score (nSPS) is 10.9. The zero-order valence-electron chi connectivity index (χ0n) is 17.4. The lowest BCUT2D eigenvalue weighted by Gasteiger charge is -2.12. The number of esters is 1. The number of nitriles is 1. The molecule has 7 heteroatoms. The minimum atomic E-state index is -0.517. The number of nitrogens with one attached hydrogen (secondary N) is 1. The maximum atomic E-state index is 12.4. The molecule has 0 aliphatic rings. The van der Waals surface area contributed by atoms with Crippen molar-refractivity contribution >= 4 is 23.6 Å². The molecule has 7 nitrogen and oxygen atoms in total. The molecule has 0 saturated heterocycles. The van der Waals surface area contributed by atoms with E-state index < -0.39 is 11.9 Å². The smallest absolute Gasteiger partial charge is 0.344 e. The van der Waals surface area contributed by atoms with E-state index in [1.165, 1.54) is 13.2 Å². The molecule has 2 rings (SSSR count). The van der Waals surface area contributed by atoms with Gasteiger partial charge in [-0.3, -0.25) is 4.79 Å². The van der Waals surface area contributed by atoms with E-state index in [0.717, 1.165) is 5.56 Å². The Hall–Kier alpha value is -3.79. The van der Waals surface area contributed by atoms with Gasteiger partial charge in [0.2, 0.25) is 0 Å². The number of benzene rings is 2. The first-order chi connectivity index (χ1) is 14.3. The van der Waals surface area contributed by atoms with Crippen LogP contribution in [-0.4, -0.2) is 31.7 Å². The summed E-state index contributed by atoms with van der Waals surface area (Å²) in [6, 6.07) is 14.0. The zero-order chi connectivity index (χ0) is 22.1. The predicted molar refractivity (Wildman–Crippen MR) is 113 cm³/mol. The van der Waals surface area contributed by atoms with Crippen LogP contribution in [0.15, 0.2) is 48.0 Å². The molecule has 0 saturated carbocycles. The summed E-state index contributed by atoms with van der Waals surface area (Å²) in [5.74, 6) is -0.303. The molecule has 1 N–H and O–H groups in total. The zero-order valence-corrected chi connectivity index (χ0v) is 17.4. The summed E-state index contributed by atoms with van der Waals surface area (Å²) in [5.41, 5.74) is 2.17. The van der Waals surface area contributed by atoms with Gasteiger partial charge in [0.15, 0.2) is 18.1 Å². The summed E-state index contributed by atoms with van der Waals surface area (Å²) in [5, 5.41) is 12.1. The Morgan fingerprint density at radius 2 is 1.83 bits per heavy atom. The standard InChI is InChI=1S/C23H24N2O5/c1-15(2)30-22(26)14-29-20-10-7-17(12-21(20)28-4)11-18(13-24)23(27)25-19-8-5-16(3)6-9-19/h5-12,15H,14H2,1-4H3,(H,25,27)/b18-11-. The highest BCUT2D eigenvalue weighted by Crippen LogP contribution is 2.29. The summed E-state index contributed by atoms with van der Waals surface area (Å²) in [6.07, 6.45) is 1.22. The molecule has 0 aliphatic heterocycles. The van der Waals surface area contributed by atoms with Crippen molar-refractivity contribution in [2.24, 2.45) is 0 Å². The van der Waals surface area contributed by atoms with Crippen LogP contribution < -0.4 is 14.8 Å². The first-order valence-corrected chi connectivity index (χ1v) is 9.32. The molecule has 0 spiro atoms. The van der Waals surface area contributed by atoms with E-state index in [1.807, 2.05) is 25.1 Å². The summed E-state index contributed by atoms with van der Waals surface area (Å²) in [4.78, 5) is 24.1. The van der Waals surface area contributed by atoms with Gasteiger partial charge in [0.05, 0.1) is 13.2 Å². The van der Waals surface area contributed by atoms with E-state index in [0.29, 0.717) is 22.7 Å². The number of ether oxygens (including phenoxy) is 3. The van der Waals surface area contributed by atoms with Crippen molar-refractivity contribution < 1.29 is 23.8 Å². The van der Waals surface area contributed by atoms with Crippen LogP contribution in [0.1, 0.15) is 25.0 Å². The van der Waals surface area contributed by atoms with E-state index in [4.69, 9.17) is 14.2 Å². The highest BCUT2D eigenvalue weighted by Gasteiger charge is 2.13. The van der Waals surface area contributed by atoms with Crippen LogP contribution in [0, 0.1) is 18.3 Å². The number of amides is 1. The number of rotatable bonds is 8. The minimum Gasteiger partial charge on any atom is -0.493 e. The van der Waals surface area contributed by atoms with Crippen molar-refractivity contribution in [3.8, 4) is 17.6 Å². The van der Waals surface area contributed by atoms with Crippen molar-refractivity contribution in [2.75, 3.05) is 19.0 Å². The fraction of sp³-hybridized carbons (Fsp3) is 0.261. The fourth-order valence-corrected chi connectivity index (χ4v) is 2.48. The number of methoxy groups -OCH3 is 1. The second kappa shape index (κ2) is 10.7. The first kappa shape index (κ1) is 22.5. The molecule has 2 aromatic rings. The molecule has 0 unspecified atom stereocenters. The van der Waals surface area contributed by atoms with Crippen LogP contribution in [0.4, 0.5) is 5.69 Å². The highest BCUT2D eigenvalue weighted by atomic mass is 16.6. The van der Waals surface area contributed by atoms with Gasteiger partial charge in [0.25, 0.3) is 5.91 Å². The van der Waals surface area contributed by atoms with Crippen LogP contribution in [-0.2, 0) is 14.3 Å². The number of carbonyl (C=O) groups is 2. The molecule has 0 radical (unpaired) electrons. The lowest BCUT2D eigenvalue weighted by molar-refractivity contribution is -0.149. The van der Waals surface area contributed by atoms with E-state index in [-0.39, 0.29) is 18.3 Å². The largest absolute Gasteiger partial charge is 0.493 e. The van der Waals surface area contributed by atoms with Crippen molar-refractivity contribution in [2.45, 2.75) is 26.9 Å². The molecule has 0 bridgehead atoms. The third kappa shape index (κ3) is 6.67.